The molecule has 0 amide bonds. The zero-order valence-corrected chi connectivity index (χ0v) is 11.2. The van der Waals surface area contributed by atoms with Gasteiger partial charge in [-0.05, 0) is 53.0 Å². The Balaban J connectivity index is 2.35. The lowest BCUT2D eigenvalue weighted by molar-refractivity contribution is 0.625. The van der Waals surface area contributed by atoms with E-state index in [1.807, 2.05) is 32.0 Å². The molecule has 0 unspecified atom stereocenters. The van der Waals surface area contributed by atoms with E-state index in [4.69, 9.17) is 0 Å². The van der Waals surface area contributed by atoms with Gasteiger partial charge in [0.2, 0.25) is 0 Å². The average Bonchev–Trinajstić information content (AvgIpc) is 2.28. The quantitative estimate of drug-likeness (QED) is 0.891. The predicted molar refractivity (Wildman–Crippen MR) is 71.1 cm³/mol. The van der Waals surface area contributed by atoms with Gasteiger partial charge in [-0.15, -0.1) is 0 Å². The third kappa shape index (κ3) is 2.64. The van der Waals surface area contributed by atoms with Crippen LogP contribution in [0.25, 0.3) is 0 Å². The summed E-state index contributed by atoms with van der Waals surface area (Å²) in [6.07, 6.45) is 1.57. The number of aryl methyl sites for hydroxylation is 1. The molecule has 1 heterocycles. The molecular weight excluding hydrogens is 283 g/mol. The number of benzene rings is 1. The standard InChI is InChI=1S/C13H12BrFN2/c1-8-4-3-5-12(9(8)2)17-13-11(15)6-10(14)7-16-13/h3-7H,1-2H3,(H,16,17). The average molecular weight is 295 g/mol. The number of anilines is 2. The maximum atomic E-state index is 13.6. The Hall–Kier alpha value is -1.42. The van der Waals surface area contributed by atoms with Crippen LogP contribution in [0.4, 0.5) is 15.9 Å². The monoisotopic (exact) mass is 294 g/mol. The smallest absolute Gasteiger partial charge is 0.166 e. The third-order valence-electron chi connectivity index (χ3n) is 2.67. The van der Waals surface area contributed by atoms with Crippen molar-refractivity contribution in [1.29, 1.82) is 0 Å². The Labute approximate surface area is 108 Å². The first kappa shape index (κ1) is 12.0. The summed E-state index contributed by atoms with van der Waals surface area (Å²) in [5.41, 5.74) is 3.13. The van der Waals surface area contributed by atoms with Crippen LogP contribution in [0.3, 0.4) is 0 Å². The van der Waals surface area contributed by atoms with Crippen LogP contribution in [0.15, 0.2) is 34.9 Å². The van der Waals surface area contributed by atoms with Gasteiger partial charge in [-0.3, -0.25) is 0 Å². The number of halogens is 2. The van der Waals surface area contributed by atoms with Gasteiger partial charge < -0.3 is 5.32 Å². The molecule has 0 aliphatic rings. The fourth-order valence-electron chi connectivity index (χ4n) is 1.52. The minimum Gasteiger partial charge on any atom is -0.338 e. The molecule has 0 spiro atoms. The predicted octanol–water partition coefficient (Wildman–Crippen LogP) is 4.34. The molecule has 2 nitrogen and oxygen atoms in total. The van der Waals surface area contributed by atoms with Crippen molar-refractivity contribution < 1.29 is 4.39 Å². The summed E-state index contributed by atoms with van der Waals surface area (Å²) in [7, 11) is 0. The second-order valence-electron chi connectivity index (χ2n) is 3.86. The van der Waals surface area contributed by atoms with E-state index in [-0.39, 0.29) is 11.6 Å². The highest BCUT2D eigenvalue weighted by Gasteiger charge is 2.07. The summed E-state index contributed by atoms with van der Waals surface area (Å²) >= 11 is 3.18. The van der Waals surface area contributed by atoms with E-state index in [2.05, 4.69) is 26.2 Å². The second kappa shape index (κ2) is 4.84. The van der Waals surface area contributed by atoms with Crippen molar-refractivity contribution in [2.45, 2.75) is 13.8 Å². The summed E-state index contributed by atoms with van der Waals surface area (Å²) in [5, 5.41) is 3.00. The highest BCUT2D eigenvalue weighted by atomic mass is 79.9. The molecule has 2 rings (SSSR count). The SMILES string of the molecule is Cc1cccc(Nc2ncc(Br)cc2F)c1C. The number of rotatable bonds is 2. The number of pyridine rings is 1. The van der Waals surface area contributed by atoms with E-state index in [1.54, 1.807) is 6.20 Å². The first-order chi connectivity index (χ1) is 8.08. The Morgan fingerprint density at radius 3 is 2.76 bits per heavy atom. The zero-order chi connectivity index (χ0) is 12.4. The van der Waals surface area contributed by atoms with Gasteiger partial charge in [-0.25, -0.2) is 9.37 Å². The topological polar surface area (TPSA) is 24.9 Å². The van der Waals surface area contributed by atoms with Crippen molar-refractivity contribution in [3.8, 4) is 0 Å². The van der Waals surface area contributed by atoms with Crippen molar-refractivity contribution >= 4 is 27.4 Å². The summed E-state index contributed by atoms with van der Waals surface area (Å²) in [5.74, 6) is -0.137. The molecule has 0 bridgehead atoms. The molecule has 0 atom stereocenters. The van der Waals surface area contributed by atoms with E-state index >= 15 is 0 Å². The molecule has 0 aliphatic heterocycles. The lowest BCUT2D eigenvalue weighted by Gasteiger charge is -2.11. The van der Waals surface area contributed by atoms with Gasteiger partial charge in [0, 0.05) is 16.4 Å². The van der Waals surface area contributed by atoms with Gasteiger partial charge in [0.25, 0.3) is 0 Å². The van der Waals surface area contributed by atoms with Gasteiger partial charge >= 0.3 is 0 Å². The lowest BCUT2D eigenvalue weighted by atomic mass is 10.1. The zero-order valence-electron chi connectivity index (χ0n) is 9.59. The molecule has 0 aliphatic carbocycles. The summed E-state index contributed by atoms with van der Waals surface area (Å²) in [4.78, 5) is 4.01. The molecule has 1 aromatic carbocycles. The highest BCUT2D eigenvalue weighted by molar-refractivity contribution is 9.10. The van der Waals surface area contributed by atoms with Crippen LogP contribution in [-0.4, -0.2) is 4.98 Å². The van der Waals surface area contributed by atoms with Crippen LogP contribution in [0.5, 0.6) is 0 Å². The van der Waals surface area contributed by atoms with Crippen molar-refractivity contribution in [2.75, 3.05) is 5.32 Å². The van der Waals surface area contributed by atoms with Gasteiger partial charge in [0.15, 0.2) is 11.6 Å². The van der Waals surface area contributed by atoms with Crippen LogP contribution in [0.1, 0.15) is 11.1 Å². The Bertz CT molecular complexity index is 555. The highest BCUT2D eigenvalue weighted by Crippen LogP contribution is 2.24. The number of hydrogen-bond acceptors (Lipinski definition) is 2. The normalized spacial score (nSPS) is 10.4. The molecular formula is C13H12BrFN2. The third-order valence-corrected chi connectivity index (χ3v) is 3.10. The van der Waals surface area contributed by atoms with E-state index in [0.717, 1.165) is 16.8 Å². The van der Waals surface area contributed by atoms with Gasteiger partial charge in [0.1, 0.15) is 0 Å². The summed E-state index contributed by atoms with van der Waals surface area (Å²) in [6.45, 7) is 4.01. The van der Waals surface area contributed by atoms with E-state index < -0.39 is 0 Å². The lowest BCUT2D eigenvalue weighted by Crippen LogP contribution is -1.99. The fraction of sp³-hybridized carbons (Fsp3) is 0.154. The molecule has 0 radical (unpaired) electrons. The maximum Gasteiger partial charge on any atom is 0.166 e. The number of nitrogens with zero attached hydrogens (tertiary/aromatic N) is 1. The second-order valence-corrected chi connectivity index (χ2v) is 4.77. The van der Waals surface area contributed by atoms with Crippen molar-refractivity contribution in [3.63, 3.8) is 0 Å². The first-order valence-corrected chi connectivity index (χ1v) is 6.01. The molecule has 1 N–H and O–H groups in total. The van der Waals surface area contributed by atoms with Gasteiger partial charge in [-0.2, -0.15) is 0 Å². The Morgan fingerprint density at radius 1 is 1.29 bits per heavy atom. The molecule has 1 aromatic heterocycles. The molecule has 88 valence electrons. The molecule has 0 saturated heterocycles. The van der Waals surface area contributed by atoms with Crippen molar-refractivity contribution in [3.05, 3.63) is 51.9 Å². The Morgan fingerprint density at radius 2 is 2.06 bits per heavy atom. The van der Waals surface area contributed by atoms with Crippen LogP contribution in [0, 0.1) is 19.7 Å². The number of nitrogens with one attached hydrogen (secondary N) is 1. The van der Waals surface area contributed by atoms with Crippen molar-refractivity contribution in [2.24, 2.45) is 0 Å². The number of aromatic nitrogens is 1. The van der Waals surface area contributed by atoms with Crippen molar-refractivity contribution in [1.82, 2.24) is 4.98 Å². The van der Waals surface area contributed by atoms with Gasteiger partial charge in [0.05, 0.1) is 0 Å². The fourth-order valence-corrected chi connectivity index (χ4v) is 1.82. The van der Waals surface area contributed by atoms with Gasteiger partial charge in [-0.1, -0.05) is 12.1 Å². The van der Waals surface area contributed by atoms with E-state index in [1.165, 1.54) is 6.07 Å². The minimum absolute atomic E-state index is 0.238. The summed E-state index contributed by atoms with van der Waals surface area (Å²) < 4.78 is 14.2. The molecule has 17 heavy (non-hydrogen) atoms. The molecule has 0 saturated carbocycles. The Kier molecular flexibility index (Phi) is 3.43. The van der Waals surface area contributed by atoms with Crippen LogP contribution in [-0.2, 0) is 0 Å². The van der Waals surface area contributed by atoms with Crippen LogP contribution < -0.4 is 5.32 Å². The summed E-state index contributed by atoms with van der Waals surface area (Å²) in [6, 6.07) is 7.25. The van der Waals surface area contributed by atoms with Crippen LogP contribution >= 0.6 is 15.9 Å². The largest absolute Gasteiger partial charge is 0.338 e. The van der Waals surface area contributed by atoms with E-state index in [0.29, 0.717) is 4.47 Å². The van der Waals surface area contributed by atoms with E-state index in [9.17, 15) is 4.39 Å². The maximum absolute atomic E-state index is 13.6. The molecule has 4 heteroatoms. The number of hydrogen-bond donors (Lipinski definition) is 1. The first-order valence-electron chi connectivity index (χ1n) is 5.22. The molecule has 2 aromatic rings. The van der Waals surface area contributed by atoms with Crippen LogP contribution in [0.2, 0.25) is 0 Å². The minimum atomic E-state index is -0.375. The molecule has 0 fully saturated rings.